The molecule has 11 aromatic carbocycles. The second-order valence-electron chi connectivity index (χ2n) is 18.4. The quantitative estimate of drug-likeness (QED) is 0.107. The Morgan fingerprint density at radius 3 is 1.30 bits per heavy atom. The third-order valence-electron chi connectivity index (χ3n) is 14.8. The monoisotopic (exact) mass is 907 g/mol. The summed E-state index contributed by atoms with van der Waals surface area (Å²) in [5.41, 5.74) is 12.9. The first-order valence-electron chi connectivity index (χ1n) is 24.2. The molecular weight excluding hydrogens is 863 g/mol. The molecule has 0 saturated heterocycles. The zero-order valence-electron chi connectivity index (χ0n) is 38.3. The van der Waals surface area contributed by atoms with E-state index in [1.54, 1.807) is 0 Å². The molecule has 3 aromatic heterocycles. The van der Waals surface area contributed by atoms with Crippen molar-refractivity contribution in [2.45, 2.75) is 0 Å². The molecule has 0 aliphatic rings. The van der Waals surface area contributed by atoms with Gasteiger partial charge in [0.2, 0.25) is 0 Å². The molecule has 0 spiro atoms. The van der Waals surface area contributed by atoms with Gasteiger partial charge in [-0.25, -0.2) is 0 Å². The van der Waals surface area contributed by atoms with Crippen molar-refractivity contribution in [1.82, 2.24) is 13.7 Å². The second kappa shape index (κ2) is 16.1. The Balaban J connectivity index is 1.19. The van der Waals surface area contributed by atoms with E-state index in [0.29, 0.717) is 0 Å². The van der Waals surface area contributed by atoms with E-state index in [-0.39, 0.29) is 0 Å². The number of hydrogen-bond donors (Lipinski definition) is 0. The van der Waals surface area contributed by atoms with E-state index in [1.807, 2.05) is 0 Å². The topological polar surface area (TPSA) is 14.8 Å². The van der Waals surface area contributed by atoms with Crippen molar-refractivity contribution < 1.29 is 0 Å². The Morgan fingerprint density at radius 2 is 0.686 bits per heavy atom. The second-order valence-corrected chi connectivity index (χ2v) is 22.1. The van der Waals surface area contributed by atoms with Gasteiger partial charge >= 0.3 is 0 Å². The van der Waals surface area contributed by atoms with Gasteiger partial charge in [-0.3, -0.25) is 0 Å². The SMILES string of the molecule is c1ccc(-c2cccc(-n3c4ccccc4c4c(-n5c6c(-n7c8ccccc8c8ccccc87)cccc6c6cccc([Si](c7ccccc7)(c7ccccc7)c7ccccc7)c65)cccc43)c2)cc1. The Kier molecular flexibility index (Phi) is 9.23. The molecule has 0 atom stereocenters. The van der Waals surface area contributed by atoms with Gasteiger partial charge in [-0.15, -0.1) is 0 Å². The van der Waals surface area contributed by atoms with Crippen molar-refractivity contribution in [2.75, 3.05) is 0 Å². The van der Waals surface area contributed by atoms with Gasteiger partial charge in [0.05, 0.1) is 44.5 Å². The van der Waals surface area contributed by atoms with Crippen molar-refractivity contribution in [3.05, 3.63) is 273 Å². The number of benzene rings is 11. The standard InChI is InChI=1S/C66H45N3Si/c1-5-23-46(24-6-1)47-25-19-26-48(45-47)67-59-40-18-15-35-56(59)64-60(67)41-22-42-61(64)69-65-54(36-20-43-62(65)68-57-38-16-13-33-52(57)53-34-14-17-39-58(53)68)55-37-21-44-63(66(55)69)70(49-27-7-2-8-28-49,50-29-9-3-10-30-50)51-31-11-4-12-32-51/h1-45H. The maximum absolute atomic E-state index is 3.10. The van der Waals surface area contributed by atoms with Crippen LogP contribution in [0.2, 0.25) is 0 Å². The van der Waals surface area contributed by atoms with Gasteiger partial charge in [0.15, 0.2) is 8.07 Å². The number of para-hydroxylation sites is 5. The summed E-state index contributed by atoms with van der Waals surface area (Å²) in [6.07, 6.45) is 0. The van der Waals surface area contributed by atoms with E-state index in [0.717, 1.165) is 22.6 Å². The van der Waals surface area contributed by atoms with Crippen molar-refractivity contribution in [3.8, 4) is 28.2 Å². The predicted octanol–water partition coefficient (Wildman–Crippen LogP) is 14.0. The highest BCUT2D eigenvalue weighted by Crippen LogP contribution is 2.43. The average molecular weight is 908 g/mol. The van der Waals surface area contributed by atoms with Crippen molar-refractivity contribution in [1.29, 1.82) is 0 Å². The van der Waals surface area contributed by atoms with E-state index in [1.165, 1.54) is 91.8 Å². The van der Waals surface area contributed by atoms with E-state index in [2.05, 4.69) is 287 Å². The fourth-order valence-electron chi connectivity index (χ4n) is 12.0. The number of nitrogens with zero attached hydrogens (tertiary/aromatic N) is 3. The number of aromatic nitrogens is 3. The highest BCUT2D eigenvalue weighted by Gasteiger charge is 2.43. The van der Waals surface area contributed by atoms with Crippen LogP contribution in [0.4, 0.5) is 0 Å². The van der Waals surface area contributed by atoms with Crippen LogP contribution in [0.25, 0.3) is 93.6 Å². The van der Waals surface area contributed by atoms with Gasteiger partial charge < -0.3 is 13.7 Å². The molecule has 0 N–H and O–H groups in total. The van der Waals surface area contributed by atoms with E-state index < -0.39 is 8.07 Å². The summed E-state index contributed by atoms with van der Waals surface area (Å²) in [5.74, 6) is 0. The maximum Gasteiger partial charge on any atom is 0.181 e. The first-order valence-corrected chi connectivity index (χ1v) is 26.2. The molecule has 0 aliphatic heterocycles. The number of fused-ring (bicyclic) bond motifs is 9. The Morgan fingerprint density at radius 1 is 0.257 bits per heavy atom. The van der Waals surface area contributed by atoms with Crippen LogP contribution in [0, 0.1) is 0 Å². The first kappa shape index (κ1) is 40.1. The van der Waals surface area contributed by atoms with Crippen LogP contribution in [0.3, 0.4) is 0 Å². The lowest BCUT2D eigenvalue weighted by Crippen LogP contribution is -2.75. The van der Waals surface area contributed by atoms with Crippen molar-refractivity contribution in [3.63, 3.8) is 0 Å². The highest BCUT2D eigenvalue weighted by atomic mass is 28.3. The molecule has 3 heterocycles. The Labute approximate surface area is 407 Å². The molecule has 0 unspecified atom stereocenters. The fourth-order valence-corrected chi connectivity index (χ4v) is 16.9. The third-order valence-corrected chi connectivity index (χ3v) is 19.6. The zero-order valence-corrected chi connectivity index (χ0v) is 39.3. The molecule has 0 saturated carbocycles. The summed E-state index contributed by atoms with van der Waals surface area (Å²) in [7, 11) is -3.10. The molecule has 3 nitrogen and oxygen atoms in total. The third kappa shape index (κ3) is 5.87. The summed E-state index contributed by atoms with van der Waals surface area (Å²) in [6, 6.07) is 102. The molecule has 0 radical (unpaired) electrons. The molecule has 4 heteroatoms. The predicted molar refractivity (Wildman–Crippen MR) is 299 cm³/mol. The lowest BCUT2D eigenvalue weighted by molar-refractivity contribution is 1.14. The lowest BCUT2D eigenvalue weighted by atomic mass is 10.1. The van der Waals surface area contributed by atoms with Gasteiger partial charge in [0.1, 0.15) is 0 Å². The van der Waals surface area contributed by atoms with E-state index in [4.69, 9.17) is 0 Å². The van der Waals surface area contributed by atoms with Crippen molar-refractivity contribution >= 4 is 94.2 Å². The normalized spacial score (nSPS) is 12.0. The Bertz CT molecular complexity index is 4130. The van der Waals surface area contributed by atoms with Crippen LogP contribution in [-0.4, -0.2) is 21.8 Å². The van der Waals surface area contributed by atoms with Gasteiger partial charge in [-0.2, -0.15) is 0 Å². The number of rotatable bonds is 8. The van der Waals surface area contributed by atoms with Crippen LogP contribution >= 0.6 is 0 Å². The number of hydrogen-bond acceptors (Lipinski definition) is 0. The molecule has 14 aromatic rings. The van der Waals surface area contributed by atoms with Crippen LogP contribution in [0.15, 0.2) is 273 Å². The summed E-state index contributed by atoms with van der Waals surface area (Å²) in [6.45, 7) is 0. The largest absolute Gasteiger partial charge is 0.309 e. The molecule has 0 fully saturated rings. The smallest absolute Gasteiger partial charge is 0.181 e. The summed E-state index contributed by atoms with van der Waals surface area (Å²) >= 11 is 0. The zero-order chi connectivity index (χ0) is 46.2. The van der Waals surface area contributed by atoms with E-state index in [9.17, 15) is 0 Å². The van der Waals surface area contributed by atoms with Crippen molar-refractivity contribution in [2.24, 2.45) is 0 Å². The van der Waals surface area contributed by atoms with Crippen LogP contribution in [-0.2, 0) is 0 Å². The maximum atomic E-state index is 2.68. The minimum absolute atomic E-state index is 1.13. The molecule has 14 rings (SSSR count). The van der Waals surface area contributed by atoms with Crippen LogP contribution in [0.5, 0.6) is 0 Å². The molecule has 0 amide bonds. The Hall–Kier alpha value is -8.96. The summed E-state index contributed by atoms with van der Waals surface area (Å²) in [5, 5.41) is 12.7. The molecule has 0 bridgehead atoms. The summed E-state index contributed by atoms with van der Waals surface area (Å²) < 4.78 is 7.66. The van der Waals surface area contributed by atoms with Crippen LogP contribution in [0.1, 0.15) is 0 Å². The molecular formula is C66H45N3Si. The van der Waals surface area contributed by atoms with Gasteiger partial charge in [-0.1, -0.05) is 224 Å². The minimum Gasteiger partial charge on any atom is -0.309 e. The van der Waals surface area contributed by atoms with Gasteiger partial charge in [0, 0.05) is 38.0 Å². The average Bonchev–Trinajstić information content (AvgIpc) is 4.09. The van der Waals surface area contributed by atoms with Gasteiger partial charge in [-0.05, 0) is 80.4 Å². The van der Waals surface area contributed by atoms with E-state index >= 15 is 0 Å². The molecule has 0 aliphatic carbocycles. The van der Waals surface area contributed by atoms with Gasteiger partial charge in [0.25, 0.3) is 0 Å². The minimum atomic E-state index is -3.10. The van der Waals surface area contributed by atoms with Crippen LogP contribution < -0.4 is 20.7 Å². The summed E-state index contributed by atoms with van der Waals surface area (Å²) in [4.78, 5) is 0. The fraction of sp³-hybridized carbons (Fsp3) is 0. The first-order chi connectivity index (χ1) is 34.8. The molecule has 70 heavy (non-hydrogen) atoms. The highest BCUT2D eigenvalue weighted by molar-refractivity contribution is 7.20. The molecule has 328 valence electrons. The lowest BCUT2D eigenvalue weighted by Gasteiger charge is -2.35.